The van der Waals surface area contributed by atoms with Crippen LogP contribution in [0.1, 0.15) is 25.5 Å². The van der Waals surface area contributed by atoms with Crippen molar-refractivity contribution in [3.63, 3.8) is 0 Å². The van der Waals surface area contributed by atoms with Crippen molar-refractivity contribution >= 4 is 8.09 Å². The van der Waals surface area contributed by atoms with Gasteiger partial charge in [0.25, 0.3) is 0 Å². The van der Waals surface area contributed by atoms with Gasteiger partial charge in [0.1, 0.15) is 12.7 Å². The molecular weight excluding hydrogens is 239 g/mol. The molecule has 1 aromatic carbocycles. The van der Waals surface area contributed by atoms with E-state index < -0.39 is 8.09 Å². The van der Waals surface area contributed by atoms with Gasteiger partial charge >= 0.3 is 8.09 Å². The van der Waals surface area contributed by atoms with E-state index >= 15 is 0 Å². The first-order valence-corrected chi connectivity index (χ1v) is 6.97. The normalized spacial score (nSPS) is 32.4. The quantitative estimate of drug-likeness (QED) is 0.473. The van der Waals surface area contributed by atoms with Crippen LogP contribution in [0.4, 0.5) is 0 Å². The average molecular weight is 256 g/mol. The molecule has 0 aromatic heterocycles. The zero-order chi connectivity index (χ0) is 12.5. The second-order valence-corrected chi connectivity index (χ2v) is 6.51. The zero-order valence-electron chi connectivity index (χ0n) is 9.92. The molecule has 1 aliphatic heterocycles. The minimum Gasteiger partial charge on any atom is -0.615 e. The number of benzene rings is 1. The molecule has 2 atom stereocenters. The molecule has 94 valence electrons. The third-order valence-electron chi connectivity index (χ3n) is 2.82. The van der Waals surface area contributed by atoms with E-state index in [0.29, 0.717) is 6.61 Å². The first-order chi connectivity index (χ1) is 7.97. The molecule has 1 saturated heterocycles. The summed E-state index contributed by atoms with van der Waals surface area (Å²) < 4.78 is 10.7. The van der Waals surface area contributed by atoms with Gasteiger partial charge in [-0.3, -0.25) is 0 Å². The standard InChI is InChI=1S/C11H17N2O3P/c1-11(2)8-15-17(14,13-12)16-10(11)9-6-4-3-5-7-9/h3-7,10H,8,12H2,1-2H3,(H,13,14)/t10-,17?/m1/s1. The van der Waals surface area contributed by atoms with Gasteiger partial charge in [-0.25, -0.2) is 5.84 Å². The molecule has 17 heavy (non-hydrogen) atoms. The Balaban J connectivity index is 2.29. The van der Waals surface area contributed by atoms with E-state index in [9.17, 15) is 4.89 Å². The van der Waals surface area contributed by atoms with Crippen LogP contribution in [0.5, 0.6) is 0 Å². The maximum atomic E-state index is 12.0. The summed E-state index contributed by atoms with van der Waals surface area (Å²) in [5.74, 6) is 5.20. The lowest BCUT2D eigenvalue weighted by Gasteiger charge is -2.42. The number of hydrogen-bond donors (Lipinski definition) is 2. The maximum Gasteiger partial charge on any atom is 0.326 e. The average Bonchev–Trinajstić information content (AvgIpc) is 2.34. The molecule has 6 heteroatoms. The summed E-state index contributed by atoms with van der Waals surface area (Å²) >= 11 is 0. The Bertz CT molecular complexity index is 388. The van der Waals surface area contributed by atoms with Crippen molar-refractivity contribution in [1.82, 2.24) is 5.20 Å². The highest BCUT2D eigenvalue weighted by Gasteiger charge is 2.48. The summed E-state index contributed by atoms with van der Waals surface area (Å²) in [4.78, 5) is 12.0. The third kappa shape index (κ3) is 2.65. The number of nitrogens with one attached hydrogen (secondary N) is 1. The van der Waals surface area contributed by atoms with Crippen molar-refractivity contribution in [3.8, 4) is 0 Å². The van der Waals surface area contributed by atoms with Crippen LogP contribution in [0.15, 0.2) is 30.3 Å². The summed E-state index contributed by atoms with van der Waals surface area (Å²) in [6, 6.07) is 9.66. The molecule has 1 aromatic rings. The summed E-state index contributed by atoms with van der Waals surface area (Å²) in [6.07, 6.45) is -0.306. The molecule has 0 spiro atoms. The van der Waals surface area contributed by atoms with Crippen molar-refractivity contribution in [2.45, 2.75) is 20.0 Å². The highest BCUT2D eigenvalue weighted by Crippen LogP contribution is 2.60. The fourth-order valence-electron chi connectivity index (χ4n) is 1.85. The summed E-state index contributed by atoms with van der Waals surface area (Å²) in [7, 11) is -3.37. The molecule has 0 aliphatic carbocycles. The minimum atomic E-state index is -3.37. The molecule has 0 amide bonds. The lowest BCUT2D eigenvalue weighted by Crippen LogP contribution is -2.44. The van der Waals surface area contributed by atoms with E-state index in [-0.39, 0.29) is 11.5 Å². The van der Waals surface area contributed by atoms with Gasteiger partial charge in [0.05, 0.1) is 0 Å². The van der Waals surface area contributed by atoms with Crippen LogP contribution in [0.25, 0.3) is 0 Å². The van der Waals surface area contributed by atoms with E-state index in [1.165, 1.54) is 0 Å². The highest BCUT2D eigenvalue weighted by atomic mass is 31.2. The van der Waals surface area contributed by atoms with Crippen LogP contribution >= 0.6 is 8.09 Å². The van der Waals surface area contributed by atoms with E-state index in [1.54, 1.807) is 0 Å². The number of hydrazine groups is 1. The Morgan fingerprint density at radius 2 is 2.06 bits per heavy atom. The molecule has 2 rings (SSSR count). The molecule has 5 nitrogen and oxygen atoms in total. The van der Waals surface area contributed by atoms with Gasteiger partial charge in [-0.15, -0.1) is 0 Å². The van der Waals surface area contributed by atoms with E-state index in [2.05, 4.69) is 5.20 Å². The SMILES string of the molecule is CC1(C)CO[P+]([O-])(NN)O[C@@H]1c1ccccc1. The van der Waals surface area contributed by atoms with Crippen molar-refractivity contribution in [2.75, 3.05) is 6.61 Å². The van der Waals surface area contributed by atoms with E-state index in [0.717, 1.165) is 5.56 Å². The second-order valence-electron chi connectivity index (χ2n) is 4.78. The molecule has 1 heterocycles. The van der Waals surface area contributed by atoms with Crippen molar-refractivity contribution < 1.29 is 13.9 Å². The molecular formula is C11H17N2O3P. The molecule has 1 unspecified atom stereocenters. The van der Waals surface area contributed by atoms with Gasteiger partial charge < -0.3 is 4.89 Å². The predicted molar refractivity (Wildman–Crippen MR) is 64.2 cm³/mol. The van der Waals surface area contributed by atoms with Gasteiger partial charge in [0.2, 0.25) is 0 Å². The maximum absolute atomic E-state index is 12.0. The Morgan fingerprint density at radius 1 is 1.41 bits per heavy atom. The Hall–Kier alpha value is -0.550. The molecule has 3 N–H and O–H groups in total. The highest BCUT2D eigenvalue weighted by molar-refractivity contribution is 7.57. The third-order valence-corrected chi connectivity index (χ3v) is 4.09. The van der Waals surface area contributed by atoms with Gasteiger partial charge in [0.15, 0.2) is 0 Å². The van der Waals surface area contributed by atoms with Crippen molar-refractivity contribution in [1.29, 1.82) is 0 Å². The largest absolute Gasteiger partial charge is 0.615 e. The van der Waals surface area contributed by atoms with Crippen LogP contribution in [-0.2, 0) is 9.05 Å². The van der Waals surface area contributed by atoms with Gasteiger partial charge in [-0.2, -0.15) is 9.05 Å². The molecule has 1 fully saturated rings. The first kappa shape index (κ1) is 12.9. The van der Waals surface area contributed by atoms with Crippen LogP contribution < -0.4 is 15.9 Å². The van der Waals surface area contributed by atoms with Crippen LogP contribution in [0, 0.1) is 5.41 Å². The Morgan fingerprint density at radius 3 is 2.65 bits per heavy atom. The monoisotopic (exact) mass is 256 g/mol. The summed E-state index contributed by atoms with van der Waals surface area (Å²) in [5.41, 5.74) is 0.711. The van der Waals surface area contributed by atoms with E-state index in [4.69, 9.17) is 14.9 Å². The fraction of sp³-hybridized carbons (Fsp3) is 0.455. The minimum absolute atomic E-state index is 0.258. The van der Waals surface area contributed by atoms with Crippen LogP contribution in [0.2, 0.25) is 0 Å². The second kappa shape index (κ2) is 4.61. The van der Waals surface area contributed by atoms with Crippen LogP contribution in [0.3, 0.4) is 0 Å². The van der Waals surface area contributed by atoms with E-state index in [1.807, 2.05) is 44.2 Å². The van der Waals surface area contributed by atoms with Gasteiger partial charge in [-0.05, 0) is 5.56 Å². The fourth-order valence-corrected chi connectivity index (χ4v) is 3.23. The van der Waals surface area contributed by atoms with Crippen molar-refractivity contribution in [3.05, 3.63) is 35.9 Å². The smallest absolute Gasteiger partial charge is 0.326 e. The summed E-state index contributed by atoms with van der Waals surface area (Å²) in [6.45, 7) is 4.34. The predicted octanol–water partition coefficient (Wildman–Crippen LogP) is 1.30. The number of hydrogen-bond acceptors (Lipinski definition) is 5. The molecule has 1 aliphatic rings. The van der Waals surface area contributed by atoms with Crippen molar-refractivity contribution in [2.24, 2.45) is 11.3 Å². The molecule has 0 radical (unpaired) electrons. The van der Waals surface area contributed by atoms with Crippen LogP contribution in [-0.4, -0.2) is 6.61 Å². The molecule has 0 bridgehead atoms. The first-order valence-electron chi connectivity index (χ1n) is 5.43. The summed E-state index contributed by atoms with van der Waals surface area (Å²) in [5, 5.41) is 2.13. The lowest BCUT2D eigenvalue weighted by molar-refractivity contribution is -0.248. The number of nitrogens with two attached hydrogens (primary N) is 1. The Kier molecular flexibility index (Phi) is 3.50. The topological polar surface area (TPSA) is 79.6 Å². The lowest BCUT2D eigenvalue weighted by atomic mass is 9.83. The number of rotatable bonds is 2. The molecule has 0 saturated carbocycles. The van der Waals surface area contributed by atoms with Gasteiger partial charge in [0, 0.05) is 5.41 Å². The van der Waals surface area contributed by atoms with Gasteiger partial charge in [-0.1, -0.05) is 49.4 Å². The zero-order valence-corrected chi connectivity index (χ0v) is 10.8. The Labute approximate surface area is 102 Å².